The van der Waals surface area contributed by atoms with Crippen LogP contribution in [0.4, 0.5) is 10.5 Å². The van der Waals surface area contributed by atoms with Gasteiger partial charge in [0.2, 0.25) is 0 Å². The Kier molecular flexibility index (Phi) is 6.51. The van der Waals surface area contributed by atoms with Gasteiger partial charge in [0.15, 0.2) is 9.84 Å². The highest BCUT2D eigenvalue weighted by Crippen LogP contribution is 2.25. The molecule has 33 heavy (non-hydrogen) atoms. The Morgan fingerprint density at radius 3 is 2.39 bits per heavy atom. The number of hydrogen-bond acceptors (Lipinski definition) is 5. The summed E-state index contributed by atoms with van der Waals surface area (Å²) in [5, 5.41) is 13.5. The molecule has 0 aliphatic carbocycles. The van der Waals surface area contributed by atoms with Crippen LogP contribution in [0.3, 0.4) is 0 Å². The predicted octanol–water partition coefficient (Wildman–Crippen LogP) is 4.27. The van der Waals surface area contributed by atoms with Crippen LogP contribution in [0.5, 0.6) is 0 Å². The first-order valence-electron chi connectivity index (χ1n) is 10.7. The molecule has 0 saturated heterocycles. The summed E-state index contributed by atoms with van der Waals surface area (Å²) in [6.07, 6.45) is 0. The maximum Gasteiger partial charge on any atom is 0.346 e. The molecule has 0 radical (unpaired) electrons. The monoisotopic (exact) mass is 465 g/mol. The average molecular weight is 466 g/mol. The summed E-state index contributed by atoms with van der Waals surface area (Å²) in [6, 6.07) is 19.8. The first-order chi connectivity index (χ1) is 15.7. The zero-order valence-corrected chi connectivity index (χ0v) is 19.4. The fourth-order valence-electron chi connectivity index (χ4n) is 3.99. The van der Waals surface area contributed by atoms with Gasteiger partial charge in [-0.15, -0.1) is 0 Å². The Labute approximate surface area is 194 Å². The highest BCUT2D eigenvalue weighted by molar-refractivity contribution is 7.90. The molecule has 1 aliphatic rings. The van der Waals surface area contributed by atoms with E-state index in [9.17, 15) is 18.4 Å². The number of benzene rings is 3. The van der Waals surface area contributed by atoms with Crippen LogP contribution >= 0.6 is 0 Å². The molecule has 7 nitrogen and oxygen atoms in total. The number of carbonyl (C=O) groups is 1. The third-order valence-corrected chi connectivity index (χ3v) is 7.48. The quantitative estimate of drug-likeness (QED) is 0.419. The molecule has 0 bridgehead atoms. The third-order valence-electron chi connectivity index (χ3n) is 5.78. The smallest absolute Gasteiger partial charge is 0.329 e. The molecule has 3 aromatic rings. The molecule has 1 aliphatic heterocycles. The molecule has 0 aromatic heterocycles. The van der Waals surface area contributed by atoms with E-state index in [4.69, 9.17) is 0 Å². The summed E-state index contributed by atoms with van der Waals surface area (Å²) in [4.78, 5) is 14.7. The molecule has 1 unspecified atom stereocenters. The summed E-state index contributed by atoms with van der Waals surface area (Å²) >= 11 is 0. The highest BCUT2D eigenvalue weighted by atomic mass is 32.2. The summed E-state index contributed by atoms with van der Waals surface area (Å²) in [6.45, 7) is 3.50. The number of sulfone groups is 1. The van der Waals surface area contributed by atoms with Crippen molar-refractivity contribution >= 4 is 21.6 Å². The van der Waals surface area contributed by atoms with Crippen molar-refractivity contribution in [3.05, 3.63) is 95.1 Å². The van der Waals surface area contributed by atoms with Crippen molar-refractivity contribution < 1.29 is 18.4 Å². The number of anilines is 1. The van der Waals surface area contributed by atoms with Crippen LogP contribution in [0.1, 0.15) is 35.2 Å². The van der Waals surface area contributed by atoms with Crippen LogP contribution in [0.2, 0.25) is 0 Å². The molecule has 0 saturated carbocycles. The van der Waals surface area contributed by atoms with Gasteiger partial charge in [0.25, 0.3) is 0 Å². The van der Waals surface area contributed by atoms with Gasteiger partial charge in [0.1, 0.15) is 0 Å². The van der Waals surface area contributed by atoms with E-state index in [2.05, 4.69) is 10.2 Å². The minimum atomic E-state index is -3.58. The predicted molar refractivity (Wildman–Crippen MR) is 127 cm³/mol. The topological polar surface area (TPSA) is 90.0 Å². The van der Waals surface area contributed by atoms with E-state index in [-0.39, 0.29) is 22.4 Å². The Hall–Kier alpha value is -3.20. The Morgan fingerprint density at radius 1 is 1.03 bits per heavy atom. The molecular weight excluding hydrogens is 438 g/mol. The van der Waals surface area contributed by atoms with Gasteiger partial charge in [-0.1, -0.05) is 48.5 Å². The molecule has 2 N–H and O–H groups in total. The maximum absolute atomic E-state index is 12.9. The van der Waals surface area contributed by atoms with Gasteiger partial charge in [0, 0.05) is 13.1 Å². The van der Waals surface area contributed by atoms with Crippen molar-refractivity contribution in [3.63, 3.8) is 0 Å². The van der Waals surface area contributed by atoms with Gasteiger partial charge < -0.3 is 5.32 Å². The highest BCUT2D eigenvalue weighted by Gasteiger charge is 2.21. The number of hydroxylamine groups is 1. The number of fused-ring (bicyclic) bond motifs is 1. The van der Waals surface area contributed by atoms with Crippen molar-refractivity contribution in [2.45, 2.75) is 36.7 Å². The van der Waals surface area contributed by atoms with Gasteiger partial charge >= 0.3 is 6.03 Å². The molecule has 8 heteroatoms. The van der Waals surface area contributed by atoms with Crippen LogP contribution in [0, 0.1) is 0 Å². The lowest BCUT2D eigenvalue weighted by atomic mass is 10.1. The third kappa shape index (κ3) is 5.24. The van der Waals surface area contributed by atoms with Gasteiger partial charge in [0.05, 0.1) is 22.4 Å². The van der Waals surface area contributed by atoms with E-state index < -0.39 is 15.9 Å². The van der Waals surface area contributed by atoms with Gasteiger partial charge in [-0.3, -0.25) is 10.1 Å². The Bertz CT molecular complexity index is 1240. The maximum atomic E-state index is 12.9. The Balaban J connectivity index is 1.42. The van der Waals surface area contributed by atoms with Gasteiger partial charge in [-0.05, 0) is 60.5 Å². The van der Waals surface area contributed by atoms with Crippen LogP contribution in [0.15, 0.2) is 77.7 Å². The summed E-state index contributed by atoms with van der Waals surface area (Å²) in [5.41, 5.74) is 4.20. The van der Waals surface area contributed by atoms with Crippen molar-refractivity contribution in [2.24, 2.45) is 0 Å². The molecule has 0 spiro atoms. The number of urea groups is 1. The van der Waals surface area contributed by atoms with Crippen LogP contribution in [0.25, 0.3) is 0 Å². The Morgan fingerprint density at radius 2 is 1.70 bits per heavy atom. The number of nitrogens with zero attached hydrogens (tertiary/aromatic N) is 2. The number of rotatable bonds is 6. The van der Waals surface area contributed by atoms with Gasteiger partial charge in [-0.25, -0.2) is 13.2 Å². The molecule has 2 amide bonds. The van der Waals surface area contributed by atoms with E-state index in [1.807, 2.05) is 62.5 Å². The second-order valence-corrected chi connectivity index (χ2v) is 10.4. The van der Waals surface area contributed by atoms with Crippen molar-refractivity contribution in [1.82, 2.24) is 10.2 Å². The minimum Gasteiger partial charge on any atom is -0.329 e. The van der Waals surface area contributed by atoms with Crippen LogP contribution < -0.4 is 10.4 Å². The molecule has 172 valence electrons. The number of amides is 2. The largest absolute Gasteiger partial charge is 0.346 e. The second kappa shape index (κ2) is 9.35. The molecule has 0 fully saturated rings. The lowest BCUT2D eigenvalue weighted by molar-refractivity contribution is 0.202. The minimum absolute atomic E-state index is 0.110. The zero-order chi connectivity index (χ0) is 23.6. The average Bonchev–Trinajstić information content (AvgIpc) is 3.18. The van der Waals surface area contributed by atoms with Crippen molar-refractivity contribution in [2.75, 3.05) is 12.1 Å². The summed E-state index contributed by atoms with van der Waals surface area (Å²) < 4.78 is 25.8. The number of hydrogen-bond donors (Lipinski definition) is 2. The second-order valence-electron chi connectivity index (χ2n) is 8.42. The zero-order valence-electron chi connectivity index (χ0n) is 18.6. The molecule has 1 heterocycles. The fourth-order valence-corrected chi connectivity index (χ4v) is 5.33. The fraction of sp³-hybridized carbons (Fsp3) is 0.240. The first-order valence-corrected chi connectivity index (χ1v) is 12.3. The molecule has 3 aromatic carbocycles. The van der Waals surface area contributed by atoms with E-state index in [0.29, 0.717) is 5.06 Å². The molecular formula is C25H27N3O4S. The van der Waals surface area contributed by atoms with E-state index in [0.717, 1.165) is 29.8 Å². The lowest BCUT2D eigenvalue weighted by Crippen LogP contribution is -2.39. The van der Waals surface area contributed by atoms with E-state index in [1.54, 1.807) is 0 Å². The van der Waals surface area contributed by atoms with Crippen molar-refractivity contribution in [3.8, 4) is 0 Å². The van der Waals surface area contributed by atoms with E-state index in [1.165, 1.54) is 29.8 Å². The number of carbonyl (C=O) groups excluding carboxylic acids is 1. The number of nitrogens with one attached hydrogen (secondary N) is 1. The standard InChI is InChI=1S/C25H27N3O4S/c1-18(20-6-4-3-5-7-20)26-25(29)28(30)23-10-12-24(13-11-23)33(31,32)17-19-8-9-21-15-27(2)16-22(21)14-19/h3-14,18,30H,15-17H2,1-2H3,(H,26,29). The SMILES string of the molecule is CC(NC(=O)N(O)c1ccc(S(=O)(=O)Cc2ccc3c(c2)CN(C)C3)cc1)c1ccccc1. The van der Waals surface area contributed by atoms with Crippen LogP contribution in [-0.2, 0) is 28.7 Å². The molecule has 1 atom stereocenters. The van der Waals surface area contributed by atoms with E-state index >= 15 is 0 Å². The lowest BCUT2D eigenvalue weighted by Gasteiger charge is -2.20. The summed E-state index contributed by atoms with van der Waals surface area (Å²) in [5.74, 6) is -0.110. The normalized spacial score (nSPS) is 14.5. The van der Waals surface area contributed by atoms with Gasteiger partial charge in [-0.2, -0.15) is 5.06 Å². The first kappa shape index (κ1) is 23.0. The summed E-state index contributed by atoms with van der Waals surface area (Å²) in [7, 11) is -1.54. The van der Waals surface area contributed by atoms with Crippen LogP contribution in [-0.4, -0.2) is 31.6 Å². The molecule has 4 rings (SSSR count). The van der Waals surface area contributed by atoms with Crippen molar-refractivity contribution in [1.29, 1.82) is 0 Å².